The van der Waals surface area contributed by atoms with Crippen LogP contribution in [0.15, 0.2) is 18.2 Å². The van der Waals surface area contributed by atoms with Gasteiger partial charge >= 0.3 is 0 Å². The molecule has 1 N–H and O–H groups in total. The van der Waals surface area contributed by atoms with E-state index in [9.17, 15) is 0 Å². The Kier molecular flexibility index (Phi) is 7.77. The van der Waals surface area contributed by atoms with E-state index in [1.165, 1.54) is 5.56 Å². The van der Waals surface area contributed by atoms with E-state index < -0.39 is 0 Å². The molecule has 0 aliphatic heterocycles. The Morgan fingerprint density at radius 2 is 2.00 bits per heavy atom. The maximum atomic E-state index is 6.12. The number of halogens is 2. The zero-order valence-corrected chi connectivity index (χ0v) is 13.4. The van der Waals surface area contributed by atoms with Gasteiger partial charge in [-0.1, -0.05) is 49.5 Å². The molecule has 0 bridgehead atoms. The van der Waals surface area contributed by atoms with Crippen molar-refractivity contribution >= 4 is 23.2 Å². The second-order valence-electron chi connectivity index (χ2n) is 4.86. The average molecular weight is 304 g/mol. The molecule has 0 saturated heterocycles. The van der Waals surface area contributed by atoms with Crippen LogP contribution < -0.4 is 5.32 Å². The summed E-state index contributed by atoms with van der Waals surface area (Å²) in [4.78, 5) is 0. The van der Waals surface area contributed by atoms with Gasteiger partial charge in [-0.3, -0.25) is 0 Å². The summed E-state index contributed by atoms with van der Waals surface area (Å²) >= 11 is 12.1. The van der Waals surface area contributed by atoms with Crippen LogP contribution in [0, 0.1) is 5.92 Å². The Morgan fingerprint density at radius 3 is 2.58 bits per heavy atom. The van der Waals surface area contributed by atoms with Crippen molar-refractivity contribution in [2.45, 2.75) is 26.2 Å². The third-order valence-electron chi connectivity index (χ3n) is 3.55. The van der Waals surface area contributed by atoms with E-state index in [1.54, 1.807) is 7.11 Å². The number of hydrogen-bond donors (Lipinski definition) is 1. The third kappa shape index (κ3) is 5.31. The minimum Gasteiger partial charge on any atom is -0.383 e. The van der Waals surface area contributed by atoms with Gasteiger partial charge in [0.25, 0.3) is 0 Å². The van der Waals surface area contributed by atoms with Gasteiger partial charge < -0.3 is 10.1 Å². The lowest BCUT2D eigenvalue weighted by Gasteiger charge is -2.24. The first-order valence-electron chi connectivity index (χ1n) is 6.74. The second-order valence-corrected chi connectivity index (χ2v) is 5.68. The third-order valence-corrected chi connectivity index (χ3v) is 4.29. The summed E-state index contributed by atoms with van der Waals surface area (Å²) < 4.78 is 5.05. The van der Waals surface area contributed by atoms with Gasteiger partial charge in [0, 0.05) is 20.2 Å². The largest absolute Gasteiger partial charge is 0.383 e. The minimum absolute atomic E-state index is 0.441. The van der Waals surface area contributed by atoms with E-state index in [0.29, 0.717) is 21.9 Å². The molecule has 4 heteroatoms. The van der Waals surface area contributed by atoms with Crippen LogP contribution >= 0.6 is 23.2 Å². The maximum Gasteiger partial charge on any atom is 0.0595 e. The molecule has 0 radical (unpaired) electrons. The Bertz CT molecular complexity index is 384. The number of hydrogen-bond acceptors (Lipinski definition) is 2. The molecule has 1 aromatic carbocycles. The molecule has 2 atom stereocenters. The number of methoxy groups -OCH3 is 1. The number of benzene rings is 1. The fourth-order valence-corrected chi connectivity index (χ4v) is 2.41. The quantitative estimate of drug-likeness (QED) is 0.721. The first kappa shape index (κ1) is 16.8. The van der Waals surface area contributed by atoms with Crippen LogP contribution in [0.1, 0.15) is 31.7 Å². The maximum absolute atomic E-state index is 6.12. The van der Waals surface area contributed by atoms with E-state index >= 15 is 0 Å². The number of rotatable bonds is 8. The van der Waals surface area contributed by atoms with E-state index in [-0.39, 0.29) is 0 Å². The fraction of sp³-hybridized carbons (Fsp3) is 0.600. The van der Waals surface area contributed by atoms with Crippen molar-refractivity contribution in [2.75, 3.05) is 26.8 Å². The molecule has 0 spiro atoms. The molecule has 19 heavy (non-hydrogen) atoms. The molecule has 1 rings (SSSR count). The lowest BCUT2D eigenvalue weighted by atomic mass is 9.85. The van der Waals surface area contributed by atoms with E-state index in [1.807, 2.05) is 12.1 Å². The Hall–Kier alpha value is -0.280. The molecule has 2 nitrogen and oxygen atoms in total. The molecule has 0 fully saturated rings. The van der Waals surface area contributed by atoms with Crippen LogP contribution in [0.4, 0.5) is 0 Å². The lowest BCUT2D eigenvalue weighted by molar-refractivity contribution is 0.198. The Morgan fingerprint density at radius 1 is 1.26 bits per heavy atom. The normalized spacial score (nSPS) is 14.4. The highest BCUT2D eigenvalue weighted by atomic mass is 35.5. The summed E-state index contributed by atoms with van der Waals surface area (Å²) in [5.74, 6) is 1.03. The molecule has 108 valence electrons. The van der Waals surface area contributed by atoms with E-state index in [2.05, 4.69) is 25.2 Å². The van der Waals surface area contributed by atoms with Crippen molar-refractivity contribution in [3.63, 3.8) is 0 Å². The van der Waals surface area contributed by atoms with Crippen molar-refractivity contribution in [3.8, 4) is 0 Å². The van der Waals surface area contributed by atoms with Crippen molar-refractivity contribution in [3.05, 3.63) is 33.8 Å². The van der Waals surface area contributed by atoms with Gasteiger partial charge in [0.2, 0.25) is 0 Å². The molecule has 0 aliphatic carbocycles. The molecular weight excluding hydrogens is 281 g/mol. The van der Waals surface area contributed by atoms with Crippen LogP contribution in [-0.4, -0.2) is 26.8 Å². The van der Waals surface area contributed by atoms with Gasteiger partial charge in [0.05, 0.1) is 16.7 Å². The SMILES string of the molecule is CCC(C)C(CNCCOC)c1ccc(Cl)c(Cl)c1. The first-order valence-corrected chi connectivity index (χ1v) is 7.50. The van der Waals surface area contributed by atoms with Crippen molar-refractivity contribution in [1.82, 2.24) is 5.32 Å². The molecule has 0 saturated carbocycles. The molecular formula is C15H23Cl2NO. The summed E-state index contributed by atoms with van der Waals surface area (Å²) in [6, 6.07) is 5.94. The van der Waals surface area contributed by atoms with Crippen LogP contribution in [-0.2, 0) is 4.74 Å². The van der Waals surface area contributed by atoms with Gasteiger partial charge in [-0.25, -0.2) is 0 Å². The van der Waals surface area contributed by atoms with Crippen LogP contribution in [0.3, 0.4) is 0 Å². The van der Waals surface area contributed by atoms with Crippen molar-refractivity contribution < 1.29 is 4.74 Å². The van der Waals surface area contributed by atoms with Gasteiger partial charge in [-0.2, -0.15) is 0 Å². The smallest absolute Gasteiger partial charge is 0.0595 e. The van der Waals surface area contributed by atoms with Gasteiger partial charge in [0.15, 0.2) is 0 Å². The van der Waals surface area contributed by atoms with E-state index in [4.69, 9.17) is 27.9 Å². The Labute approximate surface area is 126 Å². The fourth-order valence-electron chi connectivity index (χ4n) is 2.11. The number of ether oxygens (including phenoxy) is 1. The summed E-state index contributed by atoms with van der Waals surface area (Å²) in [6.07, 6.45) is 1.14. The predicted molar refractivity (Wildman–Crippen MR) is 83.4 cm³/mol. The number of nitrogens with one attached hydrogen (secondary N) is 1. The highest BCUT2D eigenvalue weighted by Crippen LogP contribution is 2.31. The molecule has 0 amide bonds. The molecule has 0 aromatic heterocycles. The predicted octanol–water partition coefficient (Wildman–Crippen LogP) is 4.36. The van der Waals surface area contributed by atoms with Crippen molar-refractivity contribution in [2.24, 2.45) is 5.92 Å². The monoisotopic (exact) mass is 303 g/mol. The highest BCUT2D eigenvalue weighted by molar-refractivity contribution is 6.42. The average Bonchev–Trinajstić information content (AvgIpc) is 2.41. The zero-order chi connectivity index (χ0) is 14.3. The van der Waals surface area contributed by atoms with Crippen molar-refractivity contribution in [1.29, 1.82) is 0 Å². The van der Waals surface area contributed by atoms with Crippen LogP contribution in [0.5, 0.6) is 0 Å². The Balaban J connectivity index is 2.74. The van der Waals surface area contributed by atoms with Crippen LogP contribution in [0.25, 0.3) is 0 Å². The van der Waals surface area contributed by atoms with Crippen LogP contribution in [0.2, 0.25) is 10.0 Å². The lowest BCUT2D eigenvalue weighted by Crippen LogP contribution is -2.28. The summed E-state index contributed by atoms with van der Waals surface area (Å²) in [7, 11) is 1.72. The first-order chi connectivity index (χ1) is 9.10. The minimum atomic E-state index is 0.441. The molecule has 2 unspecified atom stereocenters. The molecule has 0 aliphatic rings. The second kappa shape index (κ2) is 8.80. The van der Waals surface area contributed by atoms with Gasteiger partial charge in [-0.15, -0.1) is 0 Å². The summed E-state index contributed by atoms with van der Waals surface area (Å²) in [5, 5.41) is 4.67. The zero-order valence-electron chi connectivity index (χ0n) is 11.9. The van der Waals surface area contributed by atoms with Gasteiger partial charge in [0.1, 0.15) is 0 Å². The topological polar surface area (TPSA) is 21.3 Å². The molecule has 1 aromatic rings. The summed E-state index contributed by atoms with van der Waals surface area (Å²) in [6.45, 7) is 7.01. The molecule has 0 heterocycles. The summed E-state index contributed by atoms with van der Waals surface area (Å²) in [5.41, 5.74) is 1.24. The highest BCUT2D eigenvalue weighted by Gasteiger charge is 2.18. The van der Waals surface area contributed by atoms with Gasteiger partial charge in [-0.05, 0) is 29.5 Å². The van der Waals surface area contributed by atoms with E-state index in [0.717, 1.165) is 26.1 Å². The standard InChI is InChI=1S/C15H23Cl2NO/c1-4-11(2)13(10-18-7-8-19-3)12-5-6-14(16)15(17)9-12/h5-6,9,11,13,18H,4,7-8,10H2,1-3H3.